The summed E-state index contributed by atoms with van der Waals surface area (Å²) in [7, 11) is 1.59. The molecule has 1 aromatic rings. The Morgan fingerprint density at radius 3 is 2.71 bits per heavy atom. The zero-order valence-electron chi connectivity index (χ0n) is 10.2. The highest BCUT2D eigenvalue weighted by molar-refractivity contribution is 5.99. The summed E-state index contributed by atoms with van der Waals surface area (Å²) < 4.78 is 5.24. The number of aryl methyl sites for hydroxylation is 1. The molecule has 4 heteroatoms. The molecule has 92 valence electrons. The van der Waals surface area contributed by atoms with Crippen molar-refractivity contribution in [1.29, 1.82) is 0 Å². The van der Waals surface area contributed by atoms with Crippen molar-refractivity contribution < 1.29 is 9.53 Å². The SMILES string of the molecule is COc1cc(C)ccc1NC(=O)C1(N)CCC1. The molecular weight excluding hydrogens is 216 g/mol. The fourth-order valence-corrected chi connectivity index (χ4v) is 1.93. The number of methoxy groups -OCH3 is 1. The second kappa shape index (κ2) is 4.37. The number of benzene rings is 1. The van der Waals surface area contributed by atoms with Crippen molar-refractivity contribution in [2.24, 2.45) is 5.73 Å². The van der Waals surface area contributed by atoms with E-state index in [1.807, 2.05) is 25.1 Å². The molecule has 1 fully saturated rings. The smallest absolute Gasteiger partial charge is 0.244 e. The molecule has 3 N–H and O–H groups in total. The largest absolute Gasteiger partial charge is 0.495 e. The van der Waals surface area contributed by atoms with Gasteiger partial charge in [-0.2, -0.15) is 0 Å². The summed E-state index contributed by atoms with van der Waals surface area (Å²) in [6.45, 7) is 1.98. The Bertz CT molecular complexity index is 439. The number of nitrogens with one attached hydrogen (secondary N) is 1. The van der Waals surface area contributed by atoms with E-state index in [2.05, 4.69) is 5.32 Å². The van der Waals surface area contributed by atoms with Gasteiger partial charge in [0, 0.05) is 0 Å². The van der Waals surface area contributed by atoms with E-state index in [4.69, 9.17) is 10.5 Å². The quantitative estimate of drug-likeness (QED) is 0.838. The molecule has 0 heterocycles. The molecule has 4 nitrogen and oxygen atoms in total. The maximum Gasteiger partial charge on any atom is 0.244 e. The van der Waals surface area contributed by atoms with Crippen molar-refractivity contribution in [3.05, 3.63) is 23.8 Å². The van der Waals surface area contributed by atoms with Crippen molar-refractivity contribution >= 4 is 11.6 Å². The molecule has 17 heavy (non-hydrogen) atoms. The van der Waals surface area contributed by atoms with Crippen LogP contribution in [0.15, 0.2) is 18.2 Å². The summed E-state index contributed by atoms with van der Waals surface area (Å²) >= 11 is 0. The maximum absolute atomic E-state index is 12.0. The molecule has 2 rings (SSSR count). The van der Waals surface area contributed by atoms with E-state index in [9.17, 15) is 4.79 Å². The molecule has 1 aliphatic rings. The molecule has 0 saturated heterocycles. The molecular formula is C13H18N2O2. The van der Waals surface area contributed by atoms with Gasteiger partial charge in [0.05, 0.1) is 18.3 Å². The number of carbonyl (C=O) groups excluding carboxylic acids is 1. The number of amides is 1. The number of hydrogen-bond acceptors (Lipinski definition) is 3. The number of nitrogens with two attached hydrogens (primary N) is 1. The predicted octanol–water partition coefficient (Wildman–Crippen LogP) is 1.82. The third kappa shape index (κ3) is 2.26. The highest BCUT2D eigenvalue weighted by atomic mass is 16.5. The second-order valence-corrected chi connectivity index (χ2v) is 4.67. The molecule has 0 radical (unpaired) electrons. The number of hydrogen-bond donors (Lipinski definition) is 2. The van der Waals surface area contributed by atoms with E-state index in [1.165, 1.54) is 0 Å². The fraction of sp³-hybridized carbons (Fsp3) is 0.462. The summed E-state index contributed by atoms with van der Waals surface area (Å²) in [5.74, 6) is 0.548. The first kappa shape index (κ1) is 11.9. The summed E-state index contributed by atoms with van der Waals surface area (Å²) in [5, 5.41) is 2.84. The third-order valence-electron chi connectivity index (χ3n) is 3.30. The second-order valence-electron chi connectivity index (χ2n) is 4.67. The first-order valence-electron chi connectivity index (χ1n) is 5.80. The Balaban J connectivity index is 2.15. The number of anilines is 1. The maximum atomic E-state index is 12.0. The lowest BCUT2D eigenvalue weighted by molar-refractivity contribution is -0.123. The molecule has 0 aliphatic heterocycles. The van der Waals surface area contributed by atoms with E-state index >= 15 is 0 Å². The minimum absolute atomic E-state index is 0.120. The average Bonchev–Trinajstić information content (AvgIpc) is 2.28. The highest BCUT2D eigenvalue weighted by Crippen LogP contribution is 2.32. The Morgan fingerprint density at radius 2 is 2.18 bits per heavy atom. The summed E-state index contributed by atoms with van der Waals surface area (Å²) in [4.78, 5) is 12.0. The molecule has 0 aromatic heterocycles. The zero-order chi connectivity index (χ0) is 12.5. The van der Waals surface area contributed by atoms with Crippen LogP contribution in [-0.4, -0.2) is 18.6 Å². The number of carbonyl (C=O) groups is 1. The molecule has 0 atom stereocenters. The Kier molecular flexibility index (Phi) is 3.07. The van der Waals surface area contributed by atoms with Gasteiger partial charge in [0.2, 0.25) is 5.91 Å². The van der Waals surface area contributed by atoms with E-state index in [-0.39, 0.29) is 5.91 Å². The van der Waals surface area contributed by atoms with Gasteiger partial charge >= 0.3 is 0 Å². The fourth-order valence-electron chi connectivity index (χ4n) is 1.93. The van der Waals surface area contributed by atoms with Crippen molar-refractivity contribution in [3.8, 4) is 5.75 Å². The molecule has 0 bridgehead atoms. The van der Waals surface area contributed by atoms with Crippen LogP contribution in [-0.2, 0) is 4.79 Å². The van der Waals surface area contributed by atoms with E-state index in [1.54, 1.807) is 7.11 Å². The Labute approximate surface area is 101 Å². The summed E-state index contributed by atoms with van der Waals surface area (Å²) in [5.41, 5.74) is 7.05. The van der Waals surface area contributed by atoms with Crippen molar-refractivity contribution in [2.45, 2.75) is 31.7 Å². The standard InChI is InChI=1S/C13H18N2O2/c1-9-4-5-10(11(8-9)17-2)15-12(16)13(14)6-3-7-13/h4-5,8H,3,6-7,14H2,1-2H3,(H,15,16). The van der Waals surface area contributed by atoms with Crippen LogP contribution in [0.25, 0.3) is 0 Å². The van der Waals surface area contributed by atoms with Gasteiger partial charge in [0.25, 0.3) is 0 Å². The van der Waals surface area contributed by atoms with Crippen LogP contribution in [0.3, 0.4) is 0 Å². The Hall–Kier alpha value is -1.55. The lowest BCUT2D eigenvalue weighted by Gasteiger charge is -2.36. The van der Waals surface area contributed by atoms with Crippen molar-refractivity contribution in [2.75, 3.05) is 12.4 Å². The van der Waals surface area contributed by atoms with Crippen LogP contribution in [0.4, 0.5) is 5.69 Å². The van der Waals surface area contributed by atoms with E-state index in [0.717, 1.165) is 24.8 Å². The van der Waals surface area contributed by atoms with Gasteiger partial charge in [-0.1, -0.05) is 6.07 Å². The van der Waals surface area contributed by atoms with Gasteiger partial charge < -0.3 is 15.8 Å². The summed E-state index contributed by atoms with van der Waals surface area (Å²) in [6.07, 6.45) is 2.54. The molecule has 1 amide bonds. The summed E-state index contributed by atoms with van der Waals surface area (Å²) in [6, 6.07) is 5.66. The van der Waals surface area contributed by atoms with Crippen LogP contribution >= 0.6 is 0 Å². The van der Waals surface area contributed by atoms with Crippen LogP contribution < -0.4 is 15.8 Å². The lowest BCUT2D eigenvalue weighted by atomic mass is 9.77. The topological polar surface area (TPSA) is 64.3 Å². The Morgan fingerprint density at radius 1 is 1.47 bits per heavy atom. The molecule has 1 saturated carbocycles. The van der Waals surface area contributed by atoms with Gasteiger partial charge in [0.15, 0.2) is 0 Å². The van der Waals surface area contributed by atoms with Gasteiger partial charge in [-0.15, -0.1) is 0 Å². The van der Waals surface area contributed by atoms with Gasteiger partial charge in [-0.25, -0.2) is 0 Å². The van der Waals surface area contributed by atoms with Crippen LogP contribution in [0, 0.1) is 6.92 Å². The van der Waals surface area contributed by atoms with Gasteiger partial charge in [-0.05, 0) is 43.9 Å². The highest BCUT2D eigenvalue weighted by Gasteiger charge is 2.40. The predicted molar refractivity (Wildman–Crippen MR) is 67.1 cm³/mol. The monoisotopic (exact) mass is 234 g/mol. The zero-order valence-corrected chi connectivity index (χ0v) is 10.2. The average molecular weight is 234 g/mol. The minimum atomic E-state index is -0.685. The van der Waals surface area contributed by atoms with E-state index in [0.29, 0.717) is 11.4 Å². The van der Waals surface area contributed by atoms with Crippen molar-refractivity contribution in [1.82, 2.24) is 0 Å². The minimum Gasteiger partial charge on any atom is -0.495 e. The molecule has 0 spiro atoms. The van der Waals surface area contributed by atoms with Crippen LogP contribution in [0.1, 0.15) is 24.8 Å². The number of rotatable bonds is 3. The van der Waals surface area contributed by atoms with Crippen molar-refractivity contribution in [3.63, 3.8) is 0 Å². The third-order valence-corrected chi connectivity index (χ3v) is 3.30. The molecule has 1 aliphatic carbocycles. The first-order chi connectivity index (χ1) is 8.05. The van der Waals surface area contributed by atoms with Crippen LogP contribution in [0.5, 0.6) is 5.75 Å². The van der Waals surface area contributed by atoms with Gasteiger partial charge in [0.1, 0.15) is 5.75 Å². The normalized spacial score (nSPS) is 17.1. The first-order valence-corrected chi connectivity index (χ1v) is 5.80. The van der Waals surface area contributed by atoms with Gasteiger partial charge in [-0.3, -0.25) is 4.79 Å². The molecule has 0 unspecified atom stereocenters. The number of ether oxygens (including phenoxy) is 1. The molecule has 1 aromatic carbocycles. The van der Waals surface area contributed by atoms with E-state index < -0.39 is 5.54 Å². The lowest BCUT2D eigenvalue weighted by Crippen LogP contribution is -2.56. The van der Waals surface area contributed by atoms with Crippen LogP contribution in [0.2, 0.25) is 0 Å².